The van der Waals surface area contributed by atoms with Crippen molar-refractivity contribution in [3.8, 4) is 0 Å². The Kier molecular flexibility index (Phi) is 4.89. The number of hydrogen-bond acceptors (Lipinski definition) is 3. The second-order valence-electron chi connectivity index (χ2n) is 6.41. The lowest BCUT2D eigenvalue weighted by Gasteiger charge is -2.38. The highest BCUT2D eigenvalue weighted by Gasteiger charge is 2.30. The number of rotatable bonds is 2. The maximum absolute atomic E-state index is 12.6. The number of carbonyl (C=O) groups is 1. The fourth-order valence-electron chi connectivity index (χ4n) is 3.55. The van der Waals surface area contributed by atoms with Crippen LogP contribution in [0.4, 0.5) is 5.69 Å². The van der Waals surface area contributed by atoms with Crippen LogP contribution >= 0.6 is 11.6 Å². The van der Waals surface area contributed by atoms with Gasteiger partial charge in [-0.05, 0) is 43.5 Å². The van der Waals surface area contributed by atoms with Crippen molar-refractivity contribution in [2.75, 3.05) is 31.1 Å². The number of anilines is 1. The second-order valence-corrected chi connectivity index (χ2v) is 6.85. The smallest absolute Gasteiger partial charge is 0.225 e. The molecule has 2 N–H and O–H groups in total. The lowest BCUT2D eigenvalue weighted by molar-refractivity contribution is -0.137. The van der Waals surface area contributed by atoms with Crippen molar-refractivity contribution >= 4 is 23.2 Å². The summed E-state index contributed by atoms with van der Waals surface area (Å²) in [5, 5.41) is 0.756. The standard InChI is InChI=1S/C17H24ClN3O/c18-14-4-6-16(7-5-14)20-8-10-21(11-9-20)17(22)13-2-1-3-15(19)12-13/h4-7,13,15H,1-3,8-12,19H2. The molecule has 1 aliphatic heterocycles. The number of nitrogens with two attached hydrogens (primary N) is 1. The summed E-state index contributed by atoms with van der Waals surface area (Å²) >= 11 is 5.93. The van der Waals surface area contributed by atoms with Gasteiger partial charge < -0.3 is 15.5 Å². The molecule has 1 aromatic rings. The topological polar surface area (TPSA) is 49.6 Å². The van der Waals surface area contributed by atoms with Crippen LogP contribution in [0.5, 0.6) is 0 Å². The zero-order valence-corrected chi connectivity index (χ0v) is 13.6. The van der Waals surface area contributed by atoms with Crippen molar-refractivity contribution in [1.82, 2.24) is 4.90 Å². The van der Waals surface area contributed by atoms with E-state index >= 15 is 0 Å². The molecule has 0 aromatic heterocycles. The van der Waals surface area contributed by atoms with Crippen molar-refractivity contribution in [2.24, 2.45) is 11.7 Å². The van der Waals surface area contributed by atoms with Gasteiger partial charge in [-0.1, -0.05) is 18.0 Å². The Bertz CT molecular complexity index is 511. The fourth-order valence-corrected chi connectivity index (χ4v) is 3.67. The molecule has 1 aromatic carbocycles. The van der Waals surface area contributed by atoms with Crippen molar-refractivity contribution in [1.29, 1.82) is 0 Å². The van der Waals surface area contributed by atoms with E-state index in [0.717, 1.165) is 56.9 Å². The van der Waals surface area contributed by atoms with Gasteiger partial charge in [0, 0.05) is 48.8 Å². The van der Waals surface area contributed by atoms with Gasteiger partial charge in [-0.15, -0.1) is 0 Å². The van der Waals surface area contributed by atoms with E-state index < -0.39 is 0 Å². The summed E-state index contributed by atoms with van der Waals surface area (Å²) in [7, 11) is 0. The van der Waals surface area contributed by atoms with Crippen LogP contribution in [0.2, 0.25) is 5.02 Å². The van der Waals surface area contributed by atoms with E-state index in [1.165, 1.54) is 5.69 Å². The van der Waals surface area contributed by atoms with Gasteiger partial charge in [0.2, 0.25) is 5.91 Å². The zero-order valence-electron chi connectivity index (χ0n) is 12.9. The average molecular weight is 322 g/mol. The van der Waals surface area contributed by atoms with Gasteiger partial charge in [0.05, 0.1) is 0 Å². The minimum atomic E-state index is 0.144. The quantitative estimate of drug-likeness (QED) is 0.910. The van der Waals surface area contributed by atoms with Gasteiger partial charge in [0.25, 0.3) is 0 Å². The largest absolute Gasteiger partial charge is 0.368 e. The first kappa shape index (κ1) is 15.6. The molecular weight excluding hydrogens is 298 g/mol. The molecule has 4 nitrogen and oxygen atoms in total. The Hall–Kier alpha value is -1.26. The summed E-state index contributed by atoms with van der Waals surface area (Å²) in [6, 6.07) is 8.12. The van der Waals surface area contributed by atoms with E-state index in [0.29, 0.717) is 5.91 Å². The molecule has 1 heterocycles. The van der Waals surface area contributed by atoms with Crippen LogP contribution in [0.3, 0.4) is 0 Å². The molecule has 2 aliphatic rings. The van der Waals surface area contributed by atoms with Crippen LogP contribution in [0.25, 0.3) is 0 Å². The molecule has 1 saturated heterocycles. The molecule has 1 saturated carbocycles. The van der Waals surface area contributed by atoms with Crippen LogP contribution in [0.15, 0.2) is 24.3 Å². The molecule has 1 aliphatic carbocycles. The molecule has 1 amide bonds. The monoisotopic (exact) mass is 321 g/mol. The first-order chi connectivity index (χ1) is 10.6. The van der Waals surface area contributed by atoms with Gasteiger partial charge in [-0.2, -0.15) is 0 Å². The Morgan fingerprint density at radius 1 is 1.09 bits per heavy atom. The Morgan fingerprint density at radius 2 is 1.77 bits per heavy atom. The van der Waals surface area contributed by atoms with E-state index in [-0.39, 0.29) is 12.0 Å². The third kappa shape index (κ3) is 3.55. The van der Waals surface area contributed by atoms with Crippen LogP contribution in [-0.2, 0) is 4.79 Å². The van der Waals surface area contributed by atoms with E-state index in [1.807, 2.05) is 29.2 Å². The Balaban J connectivity index is 1.55. The number of piperazine rings is 1. The number of benzene rings is 1. The minimum Gasteiger partial charge on any atom is -0.368 e. The third-order valence-electron chi connectivity index (χ3n) is 4.85. The zero-order chi connectivity index (χ0) is 15.5. The molecular formula is C17H24ClN3O. The first-order valence-corrected chi connectivity index (χ1v) is 8.56. The van der Waals surface area contributed by atoms with Crippen LogP contribution in [0.1, 0.15) is 25.7 Å². The summed E-state index contributed by atoms with van der Waals surface area (Å²) in [4.78, 5) is 17.0. The van der Waals surface area contributed by atoms with E-state index in [4.69, 9.17) is 17.3 Å². The highest BCUT2D eigenvalue weighted by atomic mass is 35.5. The maximum atomic E-state index is 12.6. The van der Waals surface area contributed by atoms with E-state index in [2.05, 4.69) is 4.90 Å². The number of hydrogen-bond donors (Lipinski definition) is 1. The molecule has 0 radical (unpaired) electrons. The highest BCUT2D eigenvalue weighted by molar-refractivity contribution is 6.30. The highest BCUT2D eigenvalue weighted by Crippen LogP contribution is 2.26. The van der Waals surface area contributed by atoms with E-state index in [1.54, 1.807) is 0 Å². The second kappa shape index (κ2) is 6.88. The van der Waals surface area contributed by atoms with Crippen molar-refractivity contribution in [3.63, 3.8) is 0 Å². The fraction of sp³-hybridized carbons (Fsp3) is 0.588. The third-order valence-corrected chi connectivity index (χ3v) is 5.10. The van der Waals surface area contributed by atoms with Gasteiger partial charge in [0.1, 0.15) is 0 Å². The molecule has 3 rings (SSSR count). The molecule has 120 valence electrons. The molecule has 0 bridgehead atoms. The lowest BCUT2D eigenvalue weighted by atomic mass is 9.85. The predicted molar refractivity (Wildman–Crippen MR) is 90.2 cm³/mol. The molecule has 0 spiro atoms. The number of nitrogens with zero attached hydrogens (tertiary/aromatic N) is 2. The summed E-state index contributed by atoms with van der Waals surface area (Å²) in [6.07, 6.45) is 4.01. The summed E-state index contributed by atoms with van der Waals surface area (Å²) < 4.78 is 0. The molecule has 2 fully saturated rings. The molecule has 22 heavy (non-hydrogen) atoms. The predicted octanol–water partition coefficient (Wildman–Crippen LogP) is 2.51. The summed E-state index contributed by atoms with van der Waals surface area (Å²) in [5.41, 5.74) is 7.19. The Morgan fingerprint density at radius 3 is 2.41 bits per heavy atom. The normalized spacial score (nSPS) is 26.1. The maximum Gasteiger partial charge on any atom is 0.225 e. The molecule has 5 heteroatoms. The van der Waals surface area contributed by atoms with Crippen molar-refractivity contribution in [3.05, 3.63) is 29.3 Å². The van der Waals surface area contributed by atoms with Gasteiger partial charge in [-0.3, -0.25) is 4.79 Å². The van der Waals surface area contributed by atoms with Gasteiger partial charge in [-0.25, -0.2) is 0 Å². The van der Waals surface area contributed by atoms with Crippen LogP contribution < -0.4 is 10.6 Å². The minimum absolute atomic E-state index is 0.144. The Labute approximate surface area is 137 Å². The van der Waals surface area contributed by atoms with Crippen LogP contribution in [0, 0.1) is 5.92 Å². The number of carbonyl (C=O) groups excluding carboxylic acids is 1. The van der Waals surface area contributed by atoms with Crippen molar-refractivity contribution < 1.29 is 4.79 Å². The van der Waals surface area contributed by atoms with Crippen molar-refractivity contribution in [2.45, 2.75) is 31.7 Å². The summed E-state index contributed by atoms with van der Waals surface area (Å²) in [6.45, 7) is 3.36. The SMILES string of the molecule is NC1CCCC(C(=O)N2CCN(c3ccc(Cl)cc3)CC2)C1. The van der Waals surface area contributed by atoms with E-state index in [9.17, 15) is 4.79 Å². The molecule has 2 unspecified atom stereocenters. The number of halogens is 1. The molecule has 2 atom stereocenters. The average Bonchev–Trinajstić information content (AvgIpc) is 2.55. The first-order valence-electron chi connectivity index (χ1n) is 8.18. The van der Waals surface area contributed by atoms with Gasteiger partial charge in [0.15, 0.2) is 0 Å². The lowest BCUT2D eigenvalue weighted by Crippen LogP contribution is -2.51. The van der Waals surface area contributed by atoms with Gasteiger partial charge >= 0.3 is 0 Å². The summed E-state index contributed by atoms with van der Waals surface area (Å²) in [5.74, 6) is 0.455. The number of amides is 1. The van der Waals surface area contributed by atoms with Crippen LogP contribution in [-0.4, -0.2) is 43.0 Å².